The third-order valence-electron chi connectivity index (χ3n) is 7.17. The van der Waals surface area contributed by atoms with E-state index in [2.05, 4.69) is 31.2 Å². The largest absolute Gasteiger partial charge is 0.289 e. The molecule has 0 aliphatic heterocycles. The Hall–Kier alpha value is -4.32. The lowest BCUT2D eigenvalue weighted by Gasteiger charge is -2.18. The normalized spacial score (nSPS) is 12.5. The van der Waals surface area contributed by atoms with E-state index in [1.54, 1.807) is 4.57 Å². The summed E-state index contributed by atoms with van der Waals surface area (Å²) in [5, 5.41) is 0.497. The molecule has 1 unspecified atom stereocenters. The van der Waals surface area contributed by atoms with Gasteiger partial charge in [0.2, 0.25) is 0 Å². The summed E-state index contributed by atoms with van der Waals surface area (Å²) < 4.78 is 3.76. The van der Waals surface area contributed by atoms with Gasteiger partial charge >= 0.3 is 0 Å². The highest BCUT2D eigenvalue weighted by Gasteiger charge is 2.24. The molecule has 0 saturated carbocycles. The third kappa shape index (κ3) is 3.89. The van der Waals surface area contributed by atoms with Gasteiger partial charge in [0.1, 0.15) is 16.7 Å². The van der Waals surface area contributed by atoms with Crippen molar-refractivity contribution in [1.29, 1.82) is 0 Å². The number of benzene rings is 3. The van der Waals surface area contributed by atoms with Gasteiger partial charge in [-0.05, 0) is 62.1 Å². The lowest BCUT2D eigenvalue weighted by Crippen LogP contribution is -2.27. The minimum absolute atomic E-state index is 0.105. The highest BCUT2D eigenvalue weighted by Crippen LogP contribution is 2.30. The van der Waals surface area contributed by atoms with E-state index in [1.165, 1.54) is 5.56 Å². The Morgan fingerprint density at radius 2 is 1.49 bits per heavy atom. The van der Waals surface area contributed by atoms with Crippen molar-refractivity contribution in [3.8, 4) is 5.69 Å². The van der Waals surface area contributed by atoms with Crippen molar-refractivity contribution < 1.29 is 0 Å². The number of fused-ring (bicyclic) bond motifs is 4. The van der Waals surface area contributed by atoms with Crippen molar-refractivity contribution >= 4 is 33.2 Å². The zero-order valence-electron chi connectivity index (χ0n) is 21.3. The number of aromatic nitrogens is 5. The fraction of sp³-hybridized carbons (Fsp3) is 0.226. The van der Waals surface area contributed by atoms with Gasteiger partial charge < -0.3 is 0 Å². The zero-order chi connectivity index (χ0) is 25.5. The van der Waals surface area contributed by atoms with E-state index in [0.717, 1.165) is 41.5 Å². The van der Waals surface area contributed by atoms with Crippen LogP contribution in [0.3, 0.4) is 0 Å². The predicted molar refractivity (Wildman–Crippen MR) is 150 cm³/mol. The van der Waals surface area contributed by atoms with Crippen LogP contribution in [0.4, 0.5) is 0 Å². The molecule has 0 aliphatic rings. The molecular weight excluding hydrogens is 458 g/mol. The SMILES string of the molecule is CCCCc1ccc(-n2c3nc4ccccc4nc3c3c(=O)n(C(C)c4ccccc4)c(C)nc32)cc1. The molecule has 6 rings (SSSR count). The smallest absolute Gasteiger partial charge is 0.265 e. The first-order chi connectivity index (χ1) is 18.1. The number of rotatable bonds is 6. The van der Waals surface area contributed by atoms with Crippen LogP contribution in [-0.4, -0.2) is 24.1 Å². The molecule has 0 aliphatic carbocycles. The molecule has 6 aromatic rings. The Balaban J connectivity index is 1.66. The second-order valence-corrected chi connectivity index (χ2v) is 9.61. The summed E-state index contributed by atoms with van der Waals surface area (Å²) in [5.74, 6) is 0.655. The van der Waals surface area contributed by atoms with E-state index in [-0.39, 0.29) is 11.6 Å². The van der Waals surface area contributed by atoms with Crippen molar-refractivity contribution in [2.75, 3.05) is 0 Å². The summed E-state index contributed by atoms with van der Waals surface area (Å²) >= 11 is 0. The molecule has 0 radical (unpaired) electrons. The Kier molecular flexibility index (Phi) is 5.80. The first-order valence-corrected chi connectivity index (χ1v) is 12.9. The molecule has 3 aromatic carbocycles. The summed E-state index contributed by atoms with van der Waals surface area (Å²) in [6, 6.07) is 26.1. The van der Waals surface area contributed by atoms with Crippen LogP contribution in [0.25, 0.3) is 38.9 Å². The number of unbranched alkanes of at least 4 members (excludes halogenated alkanes) is 1. The van der Waals surface area contributed by atoms with Gasteiger partial charge in [-0.25, -0.2) is 15.0 Å². The molecule has 6 nitrogen and oxygen atoms in total. The predicted octanol–water partition coefficient (Wildman–Crippen LogP) is 6.54. The molecular formula is C31H29N5O. The topological polar surface area (TPSA) is 65.6 Å². The van der Waals surface area contributed by atoms with E-state index in [9.17, 15) is 4.79 Å². The van der Waals surface area contributed by atoms with E-state index in [0.29, 0.717) is 28.0 Å². The number of para-hydroxylation sites is 2. The van der Waals surface area contributed by atoms with Crippen molar-refractivity contribution in [1.82, 2.24) is 24.1 Å². The van der Waals surface area contributed by atoms with E-state index >= 15 is 0 Å². The minimum Gasteiger partial charge on any atom is -0.289 e. The molecule has 0 spiro atoms. The summed E-state index contributed by atoms with van der Waals surface area (Å²) in [7, 11) is 0. The average molecular weight is 488 g/mol. The molecule has 184 valence electrons. The average Bonchev–Trinajstić information content (AvgIpc) is 3.24. The number of hydrogen-bond donors (Lipinski definition) is 0. The summed E-state index contributed by atoms with van der Waals surface area (Å²) in [5.41, 5.74) is 6.52. The lowest BCUT2D eigenvalue weighted by molar-refractivity contribution is 0.587. The van der Waals surface area contributed by atoms with E-state index in [4.69, 9.17) is 15.0 Å². The molecule has 0 saturated heterocycles. The Labute approximate surface area is 215 Å². The van der Waals surface area contributed by atoms with Gasteiger partial charge in [-0.2, -0.15) is 0 Å². The molecule has 3 heterocycles. The van der Waals surface area contributed by atoms with Crippen molar-refractivity contribution in [2.45, 2.75) is 46.1 Å². The van der Waals surface area contributed by atoms with Crippen LogP contribution >= 0.6 is 0 Å². The number of hydrogen-bond acceptors (Lipinski definition) is 4. The van der Waals surface area contributed by atoms with Gasteiger partial charge in [0.25, 0.3) is 5.56 Å². The van der Waals surface area contributed by atoms with Crippen LogP contribution < -0.4 is 5.56 Å². The zero-order valence-corrected chi connectivity index (χ0v) is 21.3. The Morgan fingerprint density at radius 1 is 0.811 bits per heavy atom. The molecule has 0 N–H and O–H groups in total. The molecule has 6 heteroatoms. The summed E-state index contributed by atoms with van der Waals surface area (Å²) in [4.78, 5) is 29.1. The molecule has 37 heavy (non-hydrogen) atoms. The van der Waals surface area contributed by atoms with Crippen LogP contribution in [0, 0.1) is 6.92 Å². The van der Waals surface area contributed by atoms with Crippen LogP contribution in [0.2, 0.25) is 0 Å². The summed E-state index contributed by atoms with van der Waals surface area (Å²) in [6.45, 7) is 6.13. The lowest BCUT2D eigenvalue weighted by atomic mass is 10.1. The van der Waals surface area contributed by atoms with Crippen molar-refractivity contribution in [3.63, 3.8) is 0 Å². The van der Waals surface area contributed by atoms with Gasteiger partial charge in [-0.1, -0.05) is 67.9 Å². The maximum absolute atomic E-state index is 14.2. The van der Waals surface area contributed by atoms with Crippen LogP contribution in [0.15, 0.2) is 83.7 Å². The maximum atomic E-state index is 14.2. The van der Waals surface area contributed by atoms with Crippen LogP contribution in [0.1, 0.15) is 49.7 Å². The van der Waals surface area contributed by atoms with Crippen molar-refractivity contribution in [2.24, 2.45) is 0 Å². The van der Waals surface area contributed by atoms with Gasteiger partial charge in [0, 0.05) is 5.69 Å². The Morgan fingerprint density at radius 3 is 2.19 bits per heavy atom. The fourth-order valence-electron chi connectivity index (χ4n) is 5.18. The third-order valence-corrected chi connectivity index (χ3v) is 7.17. The number of nitrogens with zero attached hydrogens (tertiary/aromatic N) is 5. The fourth-order valence-corrected chi connectivity index (χ4v) is 5.18. The second-order valence-electron chi connectivity index (χ2n) is 9.61. The Bertz CT molecular complexity index is 1800. The standard InChI is InChI=1S/C31H29N5O/c1-4-5-11-22-16-18-24(19-17-22)36-29-27(28-30(36)34-26-15-10-9-14-25(26)33-28)31(37)35(21(3)32-29)20(2)23-12-7-6-8-13-23/h6-10,12-20H,4-5,11H2,1-3H3. The van der Waals surface area contributed by atoms with E-state index in [1.807, 2.05) is 73.0 Å². The van der Waals surface area contributed by atoms with Crippen LogP contribution in [0.5, 0.6) is 0 Å². The maximum Gasteiger partial charge on any atom is 0.265 e. The summed E-state index contributed by atoms with van der Waals surface area (Å²) in [6.07, 6.45) is 3.37. The highest BCUT2D eigenvalue weighted by molar-refractivity contribution is 6.05. The molecule has 0 bridgehead atoms. The molecule has 0 amide bonds. The van der Waals surface area contributed by atoms with Gasteiger partial charge in [-0.15, -0.1) is 0 Å². The van der Waals surface area contributed by atoms with E-state index < -0.39 is 0 Å². The van der Waals surface area contributed by atoms with Gasteiger partial charge in [0.05, 0.1) is 17.1 Å². The van der Waals surface area contributed by atoms with Gasteiger partial charge in [0.15, 0.2) is 11.3 Å². The van der Waals surface area contributed by atoms with Gasteiger partial charge in [-0.3, -0.25) is 13.9 Å². The first-order valence-electron chi connectivity index (χ1n) is 12.9. The number of aryl methyl sites for hydroxylation is 2. The minimum atomic E-state index is -0.171. The van der Waals surface area contributed by atoms with Crippen LogP contribution in [-0.2, 0) is 6.42 Å². The molecule has 1 atom stereocenters. The highest BCUT2D eigenvalue weighted by atomic mass is 16.1. The molecule has 0 fully saturated rings. The van der Waals surface area contributed by atoms with Crippen molar-refractivity contribution in [3.05, 3.63) is 106 Å². The quantitative estimate of drug-likeness (QED) is 0.267. The second kappa shape index (κ2) is 9.28. The molecule has 3 aromatic heterocycles. The monoisotopic (exact) mass is 487 g/mol. The first kappa shape index (κ1) is 23.1.